The minimum absolute atomic E-state index is 0.869. The van der Waals surface area contributed by atoms with E-state index in [0.717, 1.165) is 12.5 Å². The Morgan fingerprint density at radius 3 is 1.27 bits per heavy atom. The Bertz CT molecular complexity index is 159. The Kier molecular flexibility index (Phi) is 25.6. The standard InChI is InChI=1S/C13H29N.C8H18/c1-13(2)11-9-7-5-3-4-6-8-10-12-14;1-3-5-7-8-6-4-2/h13H,3-12,14H2,1-2H3;3-8H2,1-2H3. The average Bonchev–Trinajstić information content (AvgIpc) is 2.50. The van der Waals surface area contributed by atoms with Crippen molar-refractivity contribution in [1.82, 2.24) is 0 Å². The molecule has 2 N–H and O–H groups in total. The number of rotatable bonds is 15. The van der Waals surface area contributed by atoms with Crippen LogP contribution in [0, 0.1) is 5.92 Å². The third kappa shape index (κ3) is 28.2. The topological polar surface area (TPSA) is 26.0 Å². The van der Waals surface area contributed by atoms with Crippen LogP contribution in [0.4, 0.5) is 0 Å². The third-order valence-electron chi connectivity index (χ3n) is 4.19. The first-order valence-corrected chi connectivity index (χ1v) is 10.4. The molecule has 0 amide bonds. The summed E-state index contributed by atoms with van der Waals surface area (Å²) in [7, 11) is 0. The molecule has 0 bridgehead atoms. The van der Waals surface area contributed by atoms with Crippen molar-refractivity contribution in [3.63, 3.8) is 0 Å². The van der Waals surface area contributed by atoms with Crippen LogP contribution in [0.1, 0.15) is 124 Å². The zero-order valence-corrected chi connectivity index (χ0v) is 16.5. The molecule has 0 fully saturated rings. The van der Waals surface area contributed by atoms with Gasteiger partial charge in [-0.1, -0.05) is 118 Å². The monoisotopic (exact) mass is 313 g/mol. The Hall–Kier alpha value is -0.0400. The fourth-order valence-electron chi connectivity index (χ4n) is 2.61. The van der Waals surface area contributed by atoms with Gasteiger partial charge in [0.25, 0.3) is 0 Å². The van der Waals surface area contributed by atoms with E-state index in [1.165, 1.54) is 96.3 Å². The van der Waals surface area contributed by atoms with Gasteiger partial charge in [-0.2, -0.15) is 0 Å². The molecule has 0 saturated heterocycles. The summed E-state index contributed by atoms with van der Waals surface area (Å²) >= 11 is 0. The lowest BCUT2D eigenvalue weighted by Gasteiger charge is -2.04. The molecule has 22 heavy (non-hydrogen) atoms. The molecule has 0 aliphatic heterocycles. The molecule has 0 unspecified atom stereocenters. The van der Waals surface area contributed by atoms with E-state index in [0.29, 0.717) is 0 Å². The first-order chi connectivity index (χ1) is 10.7. The first-order valence-electron chi connectivity index (χ1n) is 10.4. The molecule has 0 heterocycles. The zero-order chi connectivity index (χ0) is 16.9. The van der Waals surface area contributed by atoms with Gasteiger partial charge >= 0.3 is 0 Å². The van der Waals surface area contributed by atoms with Crippen LogP contribution >= 0.6 is 0 Å². The number of unbranched alkanes of at least 4 members (excludes halogenated alkanes) is 12. The minimum atomic E-state index is 0.869. The van der Waals surface area contributed by atoms with E-state index in [4.69, 9.17) is 5.73 Å². The molecule has 0 aliphatic carbocycles. The Balaban J connectivity index is 0. The number of nitrogens with two attached hydrogens (primary N) is 1. The molecule has 0 atom stereocenters. The Labute approximate surface area is 142 Å². The second kappa shape index (κ2) is 23.2. The predicted molar refractivity (Wildman–Crippen MR) is 104 cm³/mol. The summed E-state index contributed by atoms with van der Waals surface area (Å²) in [5.74, 6) is 0.888. The molecule has 0 saturated carbocycles. The smallest absolute Gasteiger partial charge is 0.00773 e. The van der Waals surface area contributed by atoms with Gasteiger partial charge in [0, 0.05) is 0 Å². The van der Waals surface area contributed by atoms with Crippen molar-refractivity contribution >= 4 is 0 Å². The lowest BCUT2D eigenvalue weighted by atomic mass is 10.0. The fraction of sp³-hybridized carbons (Fsp3) is 1.00. The lowest BCUT2D eigenvalue weighted by Crippen LogP contribution is -1.97. The van der Waals surface area contributed by atoms with E-state index in [-0.39, 0.29) is 0 Å². The molecule has 0 aliphatic rings. The molecule has 136 valence electrons. The van der Waals surface area contributed by atoms with E-state index < -0.39 is 0 Å². The molecule has 0 spiro atoms. The van der Waals surface area contributed by atoms with Crippen LogP contribution in [0.15, 0.2) is 0 Å². The van der Waals surface area contributed by atoms with Gasteiger partial charge in [0.05, 0.1) is 0 Å². The van der Waals surface area contributed by atoms with Crippen molar-refractivity contribution in [3.05, 3.63) is 0 Å². The van der Waals surface area contributed by atoms with Gasteiger partial charge < -0.3 is 5.73 Å². The van der Waals surface area contributed by atoms with Crippen molar-refractivity contribution < 1.29 is 0 Å². The van der Waals surface area contributed by atoms with Crippen LogP contribution < -0.4 is 5.73 Å². The maximum atomic E-state index is 5.44. The van der Waals surface area contributed by atoms with Gasteiger partial charge in [0.1, 0.15) is 0 Å². The van der Waals surface area contributed by atoms with Crippen LogP contribution in [0.2, 0.25) is 0 Å². The normalized spacial score (nSPS) is 10.6. The van der Waals surface area contributed by atoms with E-state index in [1.54, 1.807) is 0 Å². The van der Waals surface area contributed by atoms with Gasteiger partial charge in [0.2, 0.25) is 0 Å². The molecule has 0 aromatic heterocycles. The fourth-order valence-corrected chi connectivity index (χ4v) is 2.61. The predicted octanol–water partition coefficient (Wildman–Crippen LogP) is 7.48. The maximum Gasteiger partial charge on any atom is -0.00773 e. The molecule has 1 heteroatoms. The van der Waals surface area contributed by atoms with Crippen LogP contribution in [0.25, 0.3) is 0 Å². The average molecular weight is 314 g/mol. The highest BCUT2D eigenvalue weighted by Crippen LogP contribution is 2.12. The molecule has 0 rings (SSSR count). The summed E-state index contributed by atoms with van der Waals surface area (Å²) in [6.07, 6.45) is 21.0. The largest absolute Gasteiger partial charge is 0.330 e. The molecule has 0 aromatic carbocycles. The minimum Gasteiger partial charge on any atom is -0.330 e. The summed E-state index contributed by atoms with van der Waals surface area (Å²) in [6.45, 7) is 10.0. The highest BCUT2D eigenvalue weighted by atomic mass is 14.5. The van der Waals surface area contributed by atoms with E-state index >= 15 is 0 Å². The van der Waals surface area contributed by atoms with Crippen LogP contribution in [-0.2, 0) is 0 Å². The van der Waals surface area contributed by atoms with Crippen molar-refractivity contribution in [2.45, 2.75) is 124 Å². The third-order valence-corrected chi connectivity index (χ3v) is 4.19. The van der Waals surface area contributed by atoms with Crippen LogP contribution in [0.3, 0.4) is 0 Å². The highest BCUT2D eigenvalue weighted by molar-refractivity contribution is 4.49. The maximum absolute atomic E-state index is 5.44. The molecular formula is C21H47N. The highest BCUT2D eigenvalue weighted by Gasteiger charge is 1.94. The van der Waals surface area contributed by atoms with Gasteiger partial charge in [0.15, 0.2) is 0 Å². The molecule has 0 aromatic rings. The van der Waals surface area contributed by atoms with Gasteiger partial charge in [-0.15, -0.1) is 0 Å². The van der Waals surface area contributed by atoms with Gasteiger partial charge in [-0.25, -0.2) is 0 Å². The second-order valence-electron chi connectivity index (χ2n) is 7.21. The molecule has 0 radical (unpaired) electrons. The summed E-state index contributed by atoms with van der Waals surface area (Å²) in [6, 6.07) is 0. The van der Waals surface area contributed by atoms with Crippen molar-refractivity contribution in [1.29, 1.82) is 0 Å². The lowest BCUT2D eigenvalue weighted by molar-refractivity contribution is 0.508. The van der Waals surface area contributed by atoms with Gasteiger partial charge in [-0.05, 0) is 18.9 Å². The van der Waals surface area contributed by atoms with E-state index in [1.807, 2.05) is 0 Å². The summed E-state index contributed by atoms with van der Waals surface area (Å²) < 4.78 is 0. The van der Waals surface area contributed by atoms with Crippen molar-refractivity contribution in [3.8, 4) is 0 Å². The summed E-state index contributed by atoms with van der Waals surface area (Å²) in [5.41, 5.74) is 5.44. The SMILES string of the molecule is CC(C)CCCCCCCCCCN.CCCCCCCC. The van der Waals surface area contributed by atoms with Gasteiger partial charge in [-0.3, -0.25) is 0 Å². The summed E-state index contributed by atoms with van der Waals surface area (Å²) in [5, 5.41) is 0. The van der Waals surface area contributed by atoms with Crippen molar-refractivity contribution in [2.24, 2.45) is 11.7 Å². The number of hydrogen-bond acceptors (Lipinski definition) is 1. The quantitative estimate of drug-likeness (QED) is 0.311. The van der Waals surface area contributed by atoms with Crippen LogP contribution in [-0.4, -0.2) is 6.54 Å². The van der Waals surface area contributed by atoms with E-state index in [9.17, 15) is 0 Å². The number of hydrogen-bond donors (Lipinski definition) is 1. The van der Waals surface area contributed by atoms with Crippen LogP contribution in [0.5, 0.6) is 0 Å². The Morgan fingerprint density at radius 2 is 0.909 bits per heavy atom. The van der Waals surface area contributed by atoms with E-state index in [2.05, 4.69) is 27.7 Å². The Morgan fingerprint density at radius 1 is 0.545 bits per heavy atom. The molecular weight excluding hydrogens is 266 g/mol. The van der Waals surface area contributed by atoms with Crippen molar-refractivity contribution in [2.75, 3.05) is 6.54 Å². The molecule has 1 nitrogen and oxygen atoms in total. The zero-order valence-electron chi connectivity index (χ0n) is 16.5. The first kappa shape index (κ1) is 24.2. The summed E-state index contributed by atoms with van der Waals surface area (Å²) in [4.78, 5) is 0. The second-order valence-corrected chi connectivity index (χ2v) is 7.21.